The molecule has 23 heavy (non-hydrogen) atoms. The number of amides is 1. The summed E-state index contributed by atoms with van der Waals surface area (Å²) in [5, 5.41) is 6.19. The van der Waals surface area contributed by atoms with Crippen molar-refractivity contribution in [2.24, 2.45) is 0 Å². The maximum atomic E-state index is 12.0. The van der Waals surface area contributed by atoms with E-state index in [1.165, 1.54) is 11.1 Å². The zero-order valence-corrected chi connectivity index (χ0v) is 13.7. The van der Waals surface area contributed by atoms with E-state index < -0.39 is 0 Å². The Kier molecular flexibility index (Phi) is 5.92. The first-order valence-corrected chi connectivity index (χ1v) is 7.92. The molecule has 0 spiro atoms. The minimum Gasteiger partial charge on any atom is -0.355 e. The van der Waals surface area contributed by atoms with E-state index >= 15 is 0 Å². The van der Waals surface area contributed by atoms with Gasteiger partial charge in [-0.1, -0.05) is 38.1 Å². The molecule has 2 rings (SSSR count). The first-order chi connectivity index (χ1) is 11.2. The van der Waals surface area contributed by atoms with Crippen molar-refractivity contribution in [3.05, 3.63) is 66.0 Å². The van der Waals surface area contributed by atoms with E-state index in [0.29, 0.717) is 12.2 Å². The van der Waals surface area contributed by atoms with Gasteiger partial charge in [0.15, 0.2) is 0 Å². The molecule has 4 nitrogen and oxygen atoms in total. The van der Waals surface area contributed by atoms with E-state index in [4.69, 9.17) is 0 Å². The first kappa shape index (κ1) is 16.7. The molecule has 1 amide bonds. The Morgan fingerprint density at radius 2 is 1.91 bits per heavy atom. The molecule has 4 heteroatoms. The number of hydrogen-bond donors (Lipinski definition) is 2. The number of nitrogens with one attached hydrogen (secondary N) is 2. The molecule has 120 valence electrons. The second-order valence-corrected chi connectivity index (χ2v) is 5.21. The molecule has 1 aromatic carbocycles. The van der Waals surface area contributed by atoms with E-state index in [-0.39, 0.29) is 5.91 Å². The highest BCUT2D eigenvalue weighted by Gasteiger charge is 2.10. The summed E-state index contributed by atoms with van der Waals surface area (Å²) in [6.45, 7) is 8.30. The van der Waals surface area contributed by atoms with Crippen molar-refractivity contribution in [1.29, 1.82) is 0 Å². The highest BCUT2D eigenvalue weighted by Crippen LogP contribution is 2.26. The highest BCUT2D eigenvalue weighted by molar-refractivity contribution is 5.93. The summed E-state index contributed by atoms with van der Waals surface area (Å²) in [5.41, 5.74) is 4.90. The van der Waals surface area contributed by atoms with Crippen molar-refractivity contribution in [3.63, 3.8) is 0 Å². The summed E-state index contributed by atoms with van der Waals surface area (Å²) in [7, 11) is 0. The zero-order valence-electron chi connectivity index (χ0n) is 13.7. The van der Waals surface area contributed by atoms with Gasteiger partial charge < -0.3 is 10.6 Å². The van der Waals surface area contributed by atoms with Crippen LogP contribution in [0.3, 0.4) is 0 Å². The van der Waals surface area contributed by atoms with Gasteiger partial charge in [0, 0.05) is 24.1 Å². The average molecular weight is 309 g/mol. The standard InChI is InChI=1S/C19H23N3O/c1-4-11-21-19(23)17-13-16(10-12-20-17)22-18-14(5-2)8-7-9-15(18)6-3/h4,7-10,12-13H,1,5-6,11H2,2-3H3,(H,20,22)(H,21,23). The summed E-state index contributed by atoms with van der Waals surface area (Å²) < 4.78 is 0. The molecule has 0 saturated heterocycles. The average Bonchev–Trinajstić information content (AvgIpc) is 2.60. The summed E-state index contributed by atoms with van der Waals surface area (Å²) in [6, 6.07) is 9.98. The van der Waals surface area contributed by atoms with Gasteiger partial charge in [-0.3, -0.25) is 9.78 Å². The van der Waals surface area contributed by atoms with E-state index in [1.807, 2.05) is 6.07 Å². The first-order valence-electron chi connectivity index (χ1n) is 7.92. The Balaban J connectivity index is 2.27. The second kappa shape index (κ2) is 8.13. The molecular weight excluding hydrogens is 286 g/mol. The summed E-state index contributed by atoms with van der Waals surface area (Å²) >= 11 is 0. The van der Waals surface area contributed by atoms with E-state index in [9.17, 15) is 4.79 Å². The predicted molar refractivity (Wildman–Crippen MR) is 95.2 cm³/mol. The molecule has 1 heterocycles. The van der Waals surface area contributed by atoms with Gasteiger partial charge >= 0.3 is 0 Å². The monoisotopic (exact) mass is 309 g/mol. The normalized spacial score (nSPS) is 10.2. The molecule has 0 radical (unpaired) electrons. The van der Waals surface area contributed by atoms with E-state index in [1.54, 1.807) is 18.3 Å². The maximum absolute atomic E-state index is 12.0. The van der Waals surface area contributed by atoms with Gasteiger partial charge in [-0.15, -0.1) is 6.58 Å². The van der Waals surface area contributed by atoms with Crippen molar-refractivity contribution in [2.45, 2.75) is 26.7 Å². The zero-order chi connectivity index (χ0) is 16.7. The van der Waals surface area contributed by atoms with Gasteiger partial charge in [0.25, 0.3) is 5.91 Å². The molecule has 0 aliphatic heterocycles. The van der Waals surface area contributed by atoms with Gasteiger partial charge in [-0.2, -0.15) is 0 Å². The van der Waals surface area contributed by atoms with Crippen LogP contribution in [-0.2, 0) is 12.8 Å². The minimum absolute atomic E-state index is 0.201. The fraction of sp³-hybridized carbons (Fsp3) is 0.263. The lowest BCUT2D eigenvalue weighted by molar-refractivity contribution is 0.0953. The quantitative estimate of drug-likeness (QED) is 0.763. The molecular formula is C19H23N3O. The molecule has 0 fully saturated rings. The van der Waals surface area contributed by atoms with Gasteiger partial charge in [-0.05, 0) is 36.1 Å². The Bertz CT molecular complexity index is 673. The maximum Gasteiger partial charge on any atom is 0.270 e. The van der Waals surface area contributed by atoms with Gasteiger partial charge in [0.2, 0.25) is 0 Å². The van der Waals surface area contributed by atoms with Crippen LogP contribution in [0.1, 0.15) is 35.5 Å². The third-order valence-corrected chi connectivity index (χ3v) is 3.67. The van der Waals surface area contributed by atoms with Crippen molar-refractivity contribution in [3.8, 4) is 0 Å². The van der Waals surface area contributed by atoms with Crippen LogP contribution in [0.5, 0.6) is 0 Å². The number of benzene rings is 1. The topological polar surface area (TPSA) is 54.0 Å². The lowest BCUT2D eigenvalue weighted by Crippen LogP contribution is -2.24. The van der Waals surface area contributed by atoms with E-state index in [2.05, 4.69) is 54.2 Å². The molecule has 0 saturated carbocycles. The number of para-hydroxylation sites is 1. The van der Waals surface area contributed by atoms with Crippen LogP contribution in [0.15, 0.2) is 49.2 Å². The molecule has 0 bridgehead atoms. The minimum atomic E-state index is -0.201. The summed E-state index contributed by atoms with van der Waals surface area (Å²) in [6.07, 6.45) is 5.19. The van der Waals surface area contributed by atoms with Gasteiger partial charge in [0.1, 0.15) is 5.69 Å². The number of nitrogens with zero attached hydrogens (tertiary/aromatic N) is 1. The number of carbonyl (C=O) groups excluding carboxylic acids is 1. The number of hydrogen-bond acceptors (Lipinski definition) is 3. The van der Waals surface area contributed by atoms with Gasteiger partial charge in [-0.25, -0.2) is 0 Å². The smallest absolute Gasteiger partial charge is 0.270 e. The highest BCUT2D eigenvalue weighted by atomic mass is 16.1. The molecule has 2 aromatic rings. The number of rotatable bonds is 7. The summed E-state index contributed by atoms with van der Waals surface area (Å²) in [5.74, 6) is -0.201. The van der Waals surface area contributed by atoms with Crippen LogP contribution in [0.2, 0.25) is 0 Å². The van der Waals surface area contributed by atoms with Crippen LogP contribution in [-0.4, -0.2) is 17.4 Å². The number of carbonyl (C=O) groups is 1. The molecule has 0 unspecified atom stereocenters. The number of aromatic nitrogens is 1. The second-order valence-electron chi connectivity index (χ2n) is 5.21. The fourth-order valence-corrected chi connectivity index (χ4v) is 2.44. The van der Waals surface area contributed by atoms with Crippen molar-refractivity contribution < 1.29 is 4.79 Å². The fourth-order valence-electron chi connectivity index (χ4n) is 2.44. The van der Waals surface area contributed by atoms with Crippen LogP contribution >= 0.6 is 0 Å². The lowest BCUT2D eigenvalue weighted by atomic mass is 10.0. The Morgan fingerprint density at radius 1 is 1.22 bits per heavy atom. The van der Waals surface area contributed by atoms with Crippen LogP contribution in [0.4, 0.5) is 11.4 Å². The van der Waals surface area contributed by atoms with Crippen LogP contribution in [0.25, 0.3) is 0 Å². The summed E-state index contributed by atoms with van der Waals surface area (Å²) in [4.78, 5) is 16.1. The molecule has 2 N–H and O–H groups in total. The predicted octanol–water partition coefficient (Wildman–Crippen LogP) is 3.87. The molecule has 0 aliphatic carbocycles. The Morgan fingerprint density at radius 3 is 2.52 bits per heavy atom. The SMILES string of the molecule is C=CCNC(=O)c1cc(Nc2c(CC)cccc2CC)ccn1. The molecule has 0 aliphatic rings. The number of anilines is 2. The van der Waals surface area contributed by atoms with Crippen molar-refractivity contribution in [2.75, 3.05) is 11.9 Å². The third kappa shape index (κ3) is 4.19. The molecule has 0 atom stereocenters. The van der Waals surface area contributed by atoms with E-state index in [0.717, 1.165) is 24.2 Å². The van der Waals surface area contributed by atoms with Crippen LogP contribution in [0, 0.1) is 0 Å². The Hall–Kier alpha value is -2.62. The van der Waals surface area contributed by atoms with Crippen molar-refractivity contribution in [1.82, 2.24) is 10.3 Å². The largest absolute Gasteiger partial charge is 0.355 e. The molecule has 1 aromatic heterocycles. The van der Waals surface area contributed by atoms with Crippen LogP contribution < -0.4 is 10.6 Å². The Labute approximate surface area is 137 Å². The number of aryl methyl sites for hydroxylation is 2. The lowest BCUT2D eigenvalue weighted by Gasteiger charge is -2.15. The van der Waals surface area contributed by atoms with Crippen molar-refractivity contribution >= 4 is 17.3 Å². The van der Waals surface area contributed by atoms with Gasteiger partial charge in [0.05, 0.1) is 0 Å². The third-order valence-electron chi connectivity index (χ3n) is 3.67. The number of pyridine rings is 1.